The molecule has 2 aromatic rings. The summed E-state index contributed by atoms with van der Waals surface area (Å²) in [6, 6.07) is 3.93. The van der Waals surface area contributed by atoms with Gasteiger partial charge in [0.05, 0.1) is 11.2 Å². The van der Waals surface area contributed by atoms with Crippen molar-refractivity contribution in [3.8, 4) is 0 Å². The van der Waals surface area contributed by atoms with E-state index in [9.17, 15) is 14.7 Å². The average molecular weight is 401 g/mol. The summed E-state index contributed by atoms with van der Waals surface area (Å²) in [5.74, 6) is -1.74. The van der Waals surface area contributed by atoms with Crippen molar-refractivity contribution >= 4 is 22.6 Å². The molecule has 2 fully saturated rings. The number of nitrogens with zero attached hydrogens (tertiary/aromatic N) is 3. The zero-order valence-corrected chi connectivity index (χ0v) is 17.2. The summed E-state index contributed by atoms with van der Waals surface area (Å²) >= 11 is 0. The fourth-order valence-corrected chi connectivity index (χ4v) is 4.49. The van der Waals surface area contributed by atoms with E-state index in [1.807, 2.05) is 9.47 Å². The van der Waals surface area contributed by atoms with Gasteiger partial charge in [-0.05, 0) is 45.2 Å². The van der Waals surface area contributed by atoms with Gasteiger partial charge < -0.3 is 14.6 Å². The smallest absolute Gasteiger partial charge is 0.341 e. The first-order chi connectivity index (χ1) is 13.8. The number of hydrogen-bond donors (Lipinski definition) is 1. The molecule has 1 aliphatic heterocycles. The molecule has 29 heavy (non-hydrogen) atoms. The Morgan fingerprint density at radius 1 is 1.31 bits per heavy atom. The van der Waals surface area contributed by atoms with E-state index >= 15 is 4.39 Å². The lowest BCUT2D eigenvalue weighted by molar-refractivity contribution is 0.0695. The Kier molecular flexibility index (Phi) is 5.11. The minimum atomic E-state index is -1.27. The Balaban J connectivity index is 1.76. The zero-order valence-electron chi connectivity index (χ0n) is 17.2. The Morgan fingerprint density at radius 3 is 2.62 bits per heavy atom. The van der Waals surface area contributed by atoms with E-state index in [-0.39, 0.29) is 17.0 Å². The predicted octanol–water partition coefficient (Wildman–Crippen LogP) is 3.48. The summed E-state index contributed by atoms with van der Waals surface area (Å²) < 4.78 is 16.9. The number of fused-ring (bicyclic) bond motifs is 1. The number of carbonyl (C=O) groups is 1. The molecule has 1 N–H and O–H groups in total. The molecule has 0 spiro atoms. The van der Waals surface area contributed by atoms with Gasteiger partial charge in [-0.15, -0.1) is 0 Å². The molecule has 2 heterocycles. The minimum absolute atomic E-state index is 0.143. The highest BCUT2D eigenvalue weighted by Crippen LogP contribution is 2.38. The highest BCUT2D eigenvalue weighted by Gasteiger charge is 2.30. The van der Waals surface area contributed by atoms with Gasteiger partial charge in [0.15, 0.2) is 0 Å². The Labute approximate surface area is 169 Å². The molecular weight excluding hydrogens is 373 g/mol. The molecular formula is C22H28FN3O3. The van der Waals surface area contributed by atoms with Crippen molar-refractivity contribution in [3.05, 3.63) is 39.9 Å². The van der Waals surface area contributed by atoms with Gasteiger partial charge in [-0.25, -0.2) is 9.18 Å². The Hall–Kier alpha value is -2.41. The van der Waals surface area contributed by atoms with Crippen LogP contribution >= 0.6 is 0 Å². The number of piperazine rings is 1. The van der Waals surface area contributed by atoms with Crippen LogP contribution in [0.3, 0.4) is 0 Å². The van der Waals surface area contributed by atoms with E-state index in [0.717, 1.165) is 32.4 Å². The summed E-state index contributed by atoms with van der Waals surface area (Å²) in [6.07, 6.45) is 4.38. The van der Waals surface area contributed by atoms with E-state index in [2.05, 4.69) is 25.7 Å². The van der Waals surface area contributed by atoms with E-state index in [1.54, 1.807) is 6.07 Å². The fourth-order valence-electron chi connectivity index (χ4n) is 4.49. The van der Waals surface area contributed by atoms with Crippen molar-refractivity contribution in [1.82, 2.24) is 9.47 Å². The van der Waals surface area contributed by atoms with Gasteiger partial charge in [-0.3, -0.25) is 9.69 Å². The first kappa shape index (κ1) is 19.9. The standard InChI is InChI=1S/C22H28FN3O3/c1-4-13(2)25-8-7-24(11-14(25)3)20-10-19-16(9-18(20)23)21(27)17(22(28)29)12-26(19)15-5-6-15/h9-10,12-15H,4-8,11H2,1-3H3,(H,28,29). The van der Waals surface area contributed by atoms with Crippen LogP contribution in [-0.2, 0) is 0 Å². The van der Waals surface area contributed by atoms with Gasteiger partial charge in [0.1, 0.15) is 11.4 Å². The molecule has 1 aromatic heterocycles. The first-order valence-electron chi connectivity index (χ1n) is 10.4. The van der Waals surface area contributed by atoms with Crippen LogP contribution in [0.15, 0.2) is 23.1 Å². The van der Waals surface area contributed by atoms with Gasteiger partial charge in [0.2, 0.25) is 5.43 Å². The molecule has 1 aromatic carbocycles. The number of hydrogen-bond acceptors (Lipinski definition) is 4. The monoisotopic (exact) mass is 401 g/mol. The molecule has 1 aliphatic carbocycles. The quantitative estimate of drug-likeness (QED) is 0.831. The first-order valence-corrected chi connectivity index (χ1v) is 10.4. The summed E-state index contributed by atoms with van der Waals surface area (Å²) in [4.78, 5) is 28.6. The minimum Gasteiger partial charge on any atom is -0.477 e. The highest BCUT2D eigenvalue weighted by molar-refractivity contribution is 5.93. The second kappa shape index (κ2) is 7.44. The number of pyridine rings is 1. The van der Waals surface area contributed by atoms with Crippen LogP contribution in [0.25, 0.3) is 10.9 Å². The fraction of sp³-hybridized carbons (Fsp3) is 0.545. The predicted molar refractivity (Wildman–Crippen MR) is 112 cm³/mol. The van der Waals surface area contributed by atoms with E-state index in [0.29, 0.717) is 29.8 Å². The van der Waals surface area contributed by atoms with E-state index in [1.165, 1.54) is 12.3 Å². The average Bonchev–Trinajstić information content (AvgIpc) is 3.52. The maximum Gasteiger partial charge on any atom is 0.341 e. The second-order valence-corrected chi connectivity index (χ2v) is 8.43. The summed E-state index contributed by atoms with van der Waals surface area (Å²) in [5, 5.41) is 9.52. The van der Waals surface area contributed by atoms with Gasteiger partial charge in [-0.1, -0.05) is 6.92 Å². The van der Waals surface area contributed by atoms with Crippen molar-refractivity contribution in [2.24, 2.45) is 0 Å². The molecule has 1 saturated carbocycles. The highest BCUT2D eigenvalue weighted by atomic mass is 19.1. The number of aromatic carboxylic acids is 1. The molecule has 0 radical (unpaired) electrons. The molecule has 2 atom stereocenters. The van der Waals surface area contributed by atoms with Crippen LogP contribution in [0.2, 0.25) is 0 Å². The third-order valence-electron chi connectivity index (χ3n) is 6.45. The molecule has 7 heteroatoms. The Bertz CT molecular complexity index is 1010. The lowest BCUT2D eigenvalue weighted by Gasteiger charge is -2.43. The number of rotatable bonds is 5. The third kappa shape index (κ3) is 3.52. The maximum absolute atomic E-state index is 15.1. The van der Waals surface area contributed by atoms with Crippen molar-refractivity contribution < 1.29 is 14.3 Å². The molecule has 6 nitrogen and oxygen atoms in total. The van der Waals surface area contributed by atoms with Crippen LogP contribution < -0.4 is 10.3 Å². The van der Waals surface area contributed by atoms with E-state index < -0.39 is 17.2 Å². The number of carboxylic acids is 1. The van der Waals surface area contributed by atoms with Crippen LogP contribution in [0, 0.1) is 5.82 Å². The van der Waals surface area contributed by atoms with Crippen molar-refractivity contribution in [2.75, 3.05) is 24.5 Å². The number of anilines is 1. The maximum atomic E-state index is 15.1. The van der Waals surface area contributed by atoms with Crippen molar-refractivity contribution in [3.63, 3.8) is 0 Å². The second-order valence-electron chi connectivity index (χ2n) is 8.43. The van der Waals surface area contributed by atoms with Crippen LogP contribution in [0.1, 0.15) is 56.4 Å². The molecule has 1 saturated heterocycles. The number of benzene rings is 1. The lowest BCUT2D eigenvalue weighted by atomic mass is 10.1. The zero-order chi connectivity index (χ0) is 20.9. The molecule has 0 bridgehead atoms. The summed E-state index contributed by atoms with van der Waals surface area (Å²) in [5.41, 5.74) is 0.193. The molecule has 4 rings (SSSR count). The van der Waals surface area contributed by atoms with E-state index in [4.69, 9.17) is 0 Å². The van der Waals surface area contributed by atoms with Crippen molar-refractivity contribution in [2.45, 2.75) is 58.2 Å². The van der Waals surface area contributed by atoms with Gasteiger partial charge >= 0.3 is 5.97 Å². The molecule has 2 unspecified atom stereocenters. The summed E-state index contributed by atoms with van der Waals surface area (Å²) in [6.45, 7) is 8.86. The summed E-state index contributed by atoms with van der Waals surface area (Å²) in [7, 11) is 0. The largest absolute Gasteiger partial charge is 0.477 e. The van der Waals surface area contributed by atoms with Gasteiger partial charge in [0.25, 0.3) is 0 Å². The molecule has 156 valence electrons. The number of halogens is 1. The lowest BCUT2D eigenvalue weighted by Crippen LogP contribution is -2.55. The number of aromatic nitrogens is 1. The SMILES string of the molecule is CCC(C)N1CCN(c2cc3c(cc2F)c(=O)c(C(=O)O)cn3C2CC2)CC1C. The van der Waals surface area contributed by atoms with Crippen LogP contribution in [0.4, 0.5) is 10.1 Å². The Morgan fingerprint density at radius 2 is 2.03 bits per heavy atom. The molecule has 0 amide bonds. The van der Waals surface area contributed by atoms with Crippen LogP contribution in [0.5, 0.6) is 0 Å². The van der Waals surface area contributed by atoms with Gasteiger partial charge in [-0.2, -0.15) is 0 Å². The number of carboxylic acid groups (broad SMARTS) is 1. The third-order valence-corrected chi connectivity index (χ3v) is 6.45. The van der Waals surface area contributed by atoms with Crippen LogP contribution in [-0.4, -0.2) is 52.3 Å². The van der Waals surface area contributed by atoms with Crippen molar-refractivity contribution in [1.29, 1.82) is 0 Å². The molecule has 2 aliphatic rings. The topological polar surface area (TPSA) is 65.8 Å². The normalized spacial score (nSPS) is 21.5. The van der Waals surface area contributed by atoms with Gasteiger partial charge in [0, 0.05) is 49.3 Å².